The lowest BCUT2D eigenvalue weighted by Gasteiger charge is -2.31. The van der Waals surface area contributed by atoms with Crippen LogP contribution in [0.25, 0.3) is 0 Å². The van der Waals surface area contributed by atoms with Gasteiger partial charge in [0.15, 0.2) is 0 Å². The van der Waals surface area contributed by atoms with Crippen molar-refractivity contribution in [3.05, 3.63) is 59.7 Å². The second kappa shape index (κ2) is 10.7. The number of fused-ring (bicyclic) bond motifs is 1. The first-order valence-corrected chi connectivity index (χ1v) is 12.8. The number of nitrogens with zero attached hydrogens (tertiary/aromatic N) is 2. The molecule has 1 amide bonds. The molecule has 0 fully saturated rings. The highest BCUT2D eigenvalue weighted by molar-refractivity contribution is 7.92. The van der Waals surface area contributed by atoms with Crippen molar-refractivity contribution in [1.82, 2.24) is 5.32 Å². The van der Waals surface area contributed by atoms with Gasteiger partial charge in [-0.2, -0.15) is 0 Å². The lowest BCUT2D eigenvalue weighted by atomic mass is 10.0. The number of benzene rings is 2. The van der Waals surface area contributed by atoms with Crippen molar-refractivity contribution in [2.75, 3.05) is 41.6 Å². The van der Waals surface area contributed by atoms with Crippen LogP contribution in [-0.2, 0) is 21.2 Å². The molecule has 2 aromatic carbocycles. The quantitative estimate of drug-likeness (QED) is 0.571. The molecule has 0 spiro atoms. The van der Waals surface area contributed by atoms with Crippen LogP contribution in [-0.4, -0.2) is 46.8 Å². The minimum atomic E-state index is -3.40. The minimum absolute atomic E-state index is 0.0303. The molecular weight excluding hydrogens is 410 g/mol. The highest BCUT2D eigenvalue weighted by atomic mass is 32.2. The second-order valence-electron chi connectivity index (χ2n) is 8.15. The Morgan fingerprint density at radius 2 is 1.84 bits per heavy atom. The molecule has 3 rings (SSSR count). The molecule has 0 atom stereocenters. The van der Waals surface area contributed by atoms with E-state index in [4.69, 9.17) is 0 Å². The predicted molar refractivity (Wildman–Crippen MR) is 127 cm³/mol. The zero-order chi connectivity index (χ0) is 22.3. The average Bonchev–Trinajstić information content (AvgIpc) is 2.74. The summed E-state index contributed by atoms with van der Waals surface area (Å²) < 4.78 is 25.9. The molecule has 1 aliphatic rings. The van der Waals surface area contributed by atoms with Crippen molar-refractivity contribution in [1.29, 1.82) is 0 Å². The summed E-state index contributed by atoms with van der Waals surface area (Å²) in [6.07, 6.45) is 5.19. The fourth-order valence-corrected chi connectivity index (χ4v) is 5.14. The summed E-state index contributed by atoms with van der Waals surface area (Å²) in [5.74, 6) is -0.0303. The Balaban J connectivity index is 1.41. The zero-order valence-corrected chi connectivity index (χ0v) is 19.3. The number of aryl methyl sites for hydroxylation is 2. The second-order valence-corrected chi connectivity index (χ2v) is 10.1. The van der Waals surface area contributed by atoms with Gasteiger partial charge in [0.1, 0.15) is 0 Å². The van der Waals surface area contributed by atoms with E-state index >= 15 is 0 Å². The average molecular weight is 444 g/mol. The van der Waals surface area contributed by atoms with E-state index in [-0.39, 0.29) is 5.91 Å². The molecule has 1 aliphatic heterocycles. The van der Waals surface area contributed by atoms with Crippen molar-refractivity contribution in [3.63, 3.8) is 0 Å². The summed E-state index contributed by atoms with van der Waals surface area (Å²) in [4.78, 5) is 14.6. The summed E-state index contributed by atoms with van der Waals surface area (Å²) in [6.45, 7) is 4.80. The highest BCUT2D eigenvalue weighted by Gasteiger charge is 2.19. The first-order valence-electron chi connectivity index (χ1n) is 11.0. The van der Waals surface area contributed by atoms with Gasteiger partial charge in [-0.15, -0.1) is 0 Å². The summed E-state index contributed by atoms with van der Waals surface area (Å²) >= 11 is 0. The van der Waals surface area contributed by atoms with Gasteiger partial charge >= 0.3 is 0 Å². The number of amides is 1. The number of hydrogen-bond donors (Lipinski definition) is 1. The number of anilines is 2. The minimum Gasteiger partial charge on any atom is -0.371 e. The molecule has 1 N–H and O–H groups in total. The summed E-state index contributed by atoms with van der Waals surface area (Å²) in [5.41, 5.74) is 4.29. The van der Waals surface area contributed by atoms with E-state index in [1.165, 1.54) is 28.2 Å². The Bertz CT molecular complexity index is 991. The topological polar surface area (TPSA) is 69.7 Å². The van der Waals surface area contributed by atoms with Gasteiger partial charge in [-0.25, -0.2) is 8.42 Å². The molecule has 0 radical (unpaired) electrons. The maximum Gasteiger partial charge on any atom is 0.232 e. The molecule has 7 heteroatoms. The summed E-state index contributed by atoms with van der Waals surface area (Å²) in [6, 6.07) is 15.9. The van der Waals surface area contributed by atoms with Crippen LogP contribution in [0.1, 0.15) is 36.8 Å². The molecule has 1 heterocycles. The van der Waals surface area contributed by atoms with Crippen molar-refractivity contribution in [2.45, 2.75) is 39.0 Å². The highest BCUT2D eigenvalue weighted by Crippen LogP contribution is 2.26. The van der Waals surface area contributed by atoms with Crippen LogP contribution in [0.3, 0.4) is 0 Å². The predicted octanol–water partition coefficient (Wildman–Crippen LogP) is 3.50. The fraction of sp³-hybridized carbons (Fsp3) is 0.458. The number of para-hydroxylation sites is 2. The molecular formula is C24H33N3O3S. The molecule has 2 aromatic rings. The van der Waals surface area contributed by atoms with Crippen molar-refractivity contribution >= 4 is 27.3 Å². The molecule has 31 heavy (non-hydrogen) atoms. The number of nitrogens with one attached hydrogen (secondary N) is 1. The van der Waals surface area contributed by atoms with E-state index < -0.39 is 10.0 Å². The van der Waals surface area contributed by atoms with Gasteiger partial charge in [-0.3, -0.25) is 9.10 Å². The van der Waals surface area contributed by atoms with Crippen LogP contribution in [0.15, 0.2) is 48.5 Å². The molecule has 168 valence electrons. The van der Waals surface area contributed by atoms with Crippen LogP contribution < -0.4 is 14.5 Å². The van der Waals surface area contributed by atoms with E-state index in [1.807, 2.05) is 25.1 Å². The van der Waals surface area contributed by atoms with Crippen LogP contribution in [0.2, 0.25) is 0 Å². The lowest BCUT2D eigenvalue weighted by molar-refractivity contribution is -0.121. The smallest absolute Gasteiger partial charge is 0.232 e. The van der Waals surface area contributed by atoms with Crippen molar-refractivity contribution in [2.24, 2.45) is 0 Å². The third-order valence-corrected chi connectivity index (χ3v) is 6.86. The normalized spacial score (nSPS) is 13.5. The fourth-order valence-electron chi connectivity index (χ4n) is 4.12. The molecule has 0 saturated heterocycles. The SMILES string of the molecule is Cc1ccccc1N(CCCC(=O)NCCCN1CCCc2ccccc21)S(C)(=O)=O. The van der Waals surface area contributed by atoms with Crippen LogP contribution in [0.4, 0.5) is 11.4 Å². The van der Waals surface area contributed by atoms with Crippen LogP contribution in [0.5, 0.6) is 0 Å². The third kappa shape index (κ3) is 6.47. The molecule has 6 nitrogen and oxygen atoms in total. The third-order valence-electron chi connectivity index (χ3n) is 5.68. The summed E-state index contributed by atoms with van der Waals surface area (Å²) in [7, 11) is -3.40. The zero-order valence-electron chi connectivity index (χ0n) is 18.5. The van der Waals surface area contributed by atoms with Gasteiger partial charge in [-0.1, -0.05) is 36.4 Å². The molecule has 0 unspecified atom stereocenters. The largest absolute Gasteiger partial charge is 0.371 e. The number of carbonyl (C=O) groups is 1. The number of rotatable bonds is 10. The summed E-state index contributed by atoms with van der Waals surface area (Å²) in [5, 5.41) is 2.98. The standard InChI is InChI=1S/C24H33N3O3S/c1-20-10-3-5-13-22(20)27(31(2,29)30)19-8-15-24(28)25-16-9-18-26-17-7-12-21-11-4-6-14-23(21)26/h3-6,10-11,13-14H,7-9,12,15-19H2,1-2H3,(H,25,28). The Morgan fingerprint density at radius 3 is 2.61 bits per heavy atom. The number of sulfonamides is 1. The van der Waals surface area contributed by atoms with Crippen molar-refractivity contribution < 1.29 is 13.2 Å². The van der Waals surface area contributed by atoms with Gasteiger partial charge in [0, 0.05) is 38.3 Å². The van der Waals surface area contributed by atoms with Gasteiger partial charge in [0.05, 0.1) is 11.9 Å². The number of hydrogen-bond acceptors (Lipinski definition) is 4. The van der Waals surface area contributed by atoms with Gasteiger partial charge in [0.2, 0.25) is 15.9 Å². The Labute approximate surface area is 186 Å². The van der Waals surface area contributed by atoms with Crippen LogP contribution in [0, 0.1) is 6.92 Å². The van der Waals surface area contributed by atoms with Crippen molar-refractivity contribution in [3.8, 4) is 0 Å². The lowest BCUT2D eigenvalue weighted by Crippen LogP contribution is -2.34. The number of carbonyl (C=O) groups excluding carboxylic acids is 1. The van der Waals surface area contributed by atoms with E-state index in [2.05, 4.69) is 34.5 Å². The van der Waals surface area contributed by atoms with Gasteiger partial charge in [-0.05, 0) is 55.9 Å². The first-order chi connectivity index (χ1) is 14.9. The Hall–Kier alpha value is -2.54. The van der Waals surface area contributed by atoms with E-state index in [0.29, 0.717) is 31.6 Å². The van der Waals surface area contributed by atoms with E-state index in [9.17, 15) is 13.2 Å². The van der Waals surface area contributed by atoms with E-state index in [0.717, 1.165) is 31.5 Å². The van der Waals surface area contributed by atoms with Gasteiger partial charge in [0.25, 0.3) is 0 Å². The Morgan fingerprint density at radius 1 is 1.10 bits per heavy atom. The Kier molecular flexibility index (Phi) is 7.96. The first kappa shape index (κ1) is 23.1. The molecule has 0 aromatic heterocycles. The molecule has 0 saturated carbocycles. The monoisotopic (exact) mass is 443 g/mol. The maximum atomic E-state index is 12.2. The maximum absolute atomic E-state index is 12.2. The molecule has 0 bridgehead atoms. The van der Waals surface area contributed by atoms with E-state index in [1.54, 1.807) is 6.07 Å². The van der Waals surface area contributed by atoms with Crippen LogP contribution >= 0.6 is 0 Å². The molecule has 0 aliphatic carbocycles. The van der Waals surface area contributed by atoms with Gasteiger partial charge < -0.3 is 10.2 Å².